The predicted molar refractivity (Wildman–Crippen MR) is 48.1 cm³/mol. The smallest absolute Gasteiger partial charge is 0.321 e. The summed E-state index contributed by atoms with van der Waals surface area (Å²) in [6, 6.07) is -0.333. The average Bonchev–Trinajstić information content (AvgIpc) is 2.77. The molecule has 1 saturated heterocycles. The fraction of sp³-hybridized carbons (Fsp3) is 0.875. The molecule has 1 aliphatic carbocycles. The zero-order chi connectivity index (χ0) is 8.77. The third-order valence-electron chi connectivity index (χ3n) is 2.67. The molecule has 0 amide bonds. The van der Waals surface area contributed by atoms with E-state index < -0.39 is 5.97 Å². The van der Waals surface area contributed by atoms with E-state index in [1.165, 1.54) is 12.8 Å². The van der Waals surface area contributed by atoms with Crippen LogP contribution in [0.3, 0.4) is 0 Å². The molecule has 1 saturated carbocycles. The molecule has 0 aromatic heterocycles. The van der Waals surface area contributed by atoms with Gasteiger partial charge in [0.25, 0.3) is 0 Å². The molecule has 4 heteroatoms. The summed E-state index contributed by atoms with van der Waals surface area (Å²) in [6.45, 7) is 2.12. The second kappa shape index (κ2) is 2.64. The van der Waals surface area contributed by atoms with Gasteiger partial charge >= 0.3 is 5.97 Å². The highest BCUT2D eigenvalue weighted by molar-refractivity contribution is 8.00. The molecule has 12 heavy (non-hydrogen) atoms. The van der Waals surface area contributed by atoms with Gasteiger partial charge in [-0.2, -0.15) is 0 Å². The maximum Gasteiger partial charge on any atom is 0.321 e. The largest absolute Gasteiger partial charge is 0.480 e. The topological polar surface area (TPSA) is 49.3 Å². The molecule has 2 N–H and O–H groups in total. The molecule has 1 heterocycles. The van der Waals surface area contributed by atoms with Gasteiger partial charge in [0.15, 0.2) is 0 Å². The van der Waals surface area contributed by atoms with Crippen LogP contribution in [0.2, 0.25) is 0 Å². The molecule has 68 valence electrons. The van der Waals surface area contributed by atoms with Crippen molar-refractivity contribution in [2.45, 2.75) is 30.7 Å². The highest BCUT2D eigenvalue weighted by Crippen LogP contribution is 2.48. The lowest BCUT2D eigenvalue weighted by Gasteiger charge is -2.23. The zero-order valence-electron chi connectivity index (χ0n) is 7.04. The summed E-state index contributed by atoms with van der Waals surface area (Å²) in [7, 11) is 0. The Bertz CT molecular complexity index is 217. The van der Waals surface area contributed by atoms with Crippen molar-refractivity contribution in [3.05, 3.63) is 0 Å². The third-order valence-corrected chi connectivity index (χ3v) is 4.22. The van der Waals surface area contributed by atoms with E-state index in [-0.39, 0.29) is 10.9 Å². The average molecular weight is 187 g/mol. The van der Waals surface area contributed by atoms with Gasteiger partial charge in [-0.05, 0) is 25.7 Å². The van der Waals surface area contributed by atoms with E-state index in [0.717, 1.165) is 0 Å². The summed E-state index contributed by atoms with van der Waals surface area (Å²) in [4.78, 5) is 10.7. The summed E-state index contributed by atoms with van der Waals surface area (Å²) >= 11 is 1.76. The van der Waals surface area contributed by atoms with Gasteiger partial charge in [-0.15, -0.1) is 11.8 Å². The van der Waals surface area contributed by atoms with Crippen molar-refractivity contribution < 1.29 is 9.90 Å². The quantitative estimate of drug-likeness (QED) is 0.674. The van der Waals surface area contributed by atoms with Gasteiger partial charge < -0.3 is 5.11 Å². The molecule has 2 rings (SSSR count). The lowest BCUT2D eigenvalue weighted by atomic mass is 10.2. The third kappa shape index (κ3) is 1.33. The molecule has 0 radical (unpaired) electrons. The van der Waals surface area contributed by atoms with Crippen molar-refractivity contribution in [3.63, 3.8) is 0 Å². The van der Waals surface area contributed by atoms with Gasteiger partial charge in [-0.25, -0.2) is 0 Å². The predicted octanol–water partition coefficient (Wildman–Crippen LogP) is 0.902. The first-order valence-corrected chi connectivity index (χ1v) is 5.25. The molecular weight excluding hydrogens is 174 g/mol. The Morgan fingerprint density at radius 3 is 2.75 bits per heavy atom. The maximum absolute atomic E-state index is 10.7. The normalized spacial score (nSPS) is 41.6. The monoisotopic (exact) mass is 187 g/mol. The van der Waals surface area contributed by atoms with Gasteiger partial charge in [-0.1, -0.05) is 0 Å². The van der Waals surface area contributed by atoms with Gasteiger partial charge in [0.05, 0.1) is 4.87 Å². The molecule has 2 atom stereocenters. The number of rotatable bonds is 2. The fourth-order valence-electron chi connectivity index (χ4n) is 1.69. The summed E-state index contributed by atoms with van der Waals surface area (Å²) < 4.78 is 0. The standard InChI is InChI=1S/C8H13NO2S/c1-8(5-2-3-5)9-6(4-12-8)7(10)11/h5-6,9H,2-4H2,1H3,(H,10,11). The molecule has 0 aromatic carbocycles. The molecule has 2 aliphatic rings. The van der Waals surface area contributed by atoms with E-state index in [2.05, 4.69) is 12.2 Å². The van der Waals surface area contributed by atoms with Crippen LogP contribution < -0.4 is 5.32 Å². The molecule has 0 bridgehead atoms. The van der Waals surface area contributed by atoms with Crippen molar-refractivity contribution in [1.82, 2.24) is 5.32 Å². The van der Waals surface area contributed by atoms with E-state index in [1.54, 1.807) is 11.8 Å². The molecule has 0 aromatic rings. The van der Waals surface area contributed by atoms with Crippen LogP contribution in [0.25, 0.3) is 0 Å². The minimum atomic E-state index is -0.716. The Labute approximate surface area is 75.9 Å². The Hall–Kier alpha value is -0.220. The number of carbonyl (C=O) groups is 1. The van der Waals surface area contributed by atoms with Crippen molar-refractivity contribution >= 4 is 17.7 Å². The van der Waals surface area contributed by atoms with Crippen LogP contribution in [0.5, 0.6) is 0 Å². The van der Waals surface area contributed by atoms with Gasteiger partial charge in [0.2, 0.25) is 0 Å². The van der Waals surface area contributed by atoms with E-state index in [4.69, 9.17) is 5.11 Å². The van der Waals surface area contributed by atoms with E-state index >= 15 is 0 Å². The first kappa shape index (κ1) is 8.38. The van der Waals surface area contributed by atoms with Crippen molar-refractivity contribution in [1.29, 1.82) is 0 Å². The van der Waals surface area contributed by atoms with Crippen molar-refractivity contribution in [3.8, 4) is 0 Å². The van der Waals surface area contributed by atoms with E-state index in [9.17, 15) is 4.79 Å². The van der Waals surface area contributed by atoms with Crippen LogP contribution >= 0.6 is 11.8 Å². The van der Waals surface area contributed by atoms with Crippen LogP contribution in [-0.2, 0) is 4.79 Å². The van der Waals surface area contributed by atoms with Gasteiger partial charge in [0.1, 0.15) is 6.04 Å². The zero-order valence-corrected chi connectivity index (χ0v) is 7.86. The van der Waals surface area contributed by atoms with Gasteiger partial charge in [0, 0.05) is 5.75 Å². The minimum absolute atomic E-state index is 0.0447. The summed E-state index contributed by atoms with van der Waals surface area (Å²) in [5.41, 5.74) is 0. The summed E-state index contributed by atoms with van der Waals surface area (Å²) in [6.07, 6.45) is 2.51. The molecule has 3 nitrogen and oxygen atoms in total. The Balaban J connectivity index is 2.00. The number of aliphatic carboxylic acids is 1. The molecule has 2 fully saturated rings. The van der Waals surface area contributed by atoms with E-state index in [1.807, 2.05) is 0 Å². The van der Waals surface area contributed by atoms with Crippen molar-refractivity contribution in [2.75, 3.05) is 5.75 Å². The maximum atomic E-state index is 10.7. The molecule has 2 unspecified atom stereocenters. The summed E-state index contributed by atoms with van der Waals surface area (Å²) in [5.74, 6) is 0.696. The van der Waals surface area contributed by atoms with Crippen LogP contribution in [-0.4, -0.2) is 27.7 Å². The number of carboxylic acids is 1. The van der Waals surface area contributed by atoms with Crippen LogP contribution in [0.4, 0.5) is 0 Å². The fourth-order valence-corrected chi connectivity index (χ4v) is 3.12. The van der Waals surface area contributed by atoms with E-state index in [0.29, 0.717) is 11.7 Å². The van der Waals surface area contributed by atoms with Gasteiger partial charge in [-0.3, -0.25) is 10.1 Å². The number of hydrogen-bond acceptors (Lipinski definition) is 3. The minimum Gasteiger partial charge on any atom is -0.480 e. The Kier molecular flexibility index (Phi) is 1.84. The first-order valence-electron chi connectivity index (χ1n) is 4.26. The number of hydrogen-bond donors (Lipinski definition) is 2. The van der Waals surface area contributed by atoms with Crippen LogP contribution in [0.15, 0.2) is 0 Å². The first-order chi connectivity index (χ1) is 5.62. The Morgan fingerprint density at radius 1 is 1.67 bits per heavy atom. The second-order valence-electron chi connectivity index (χ2n) is 3.73. The number of carboxylic acid groups (broad SMARTS) is 1. The Morgan fingerprint density at radius 2 is 2.33 bits per heavy atom. The molecule has 1 aliphatic heterocycles. The number of thioether (sulfide) groups is 1. The number of nitrogens with one attached hydrogen (secondary N) is 1. The SMILES string of the molecule is CC1(C2CC2)NC(C(=O)O)CS1. The lowest BCUT2D eigenvalue weighted by Crippen LogP contribution is -2.44. The lowest BCUT2D eigenvalue weighted by molar-refractivity contribution is -0.138. The molecular formula is C8H13NO2S. The molecule has 0 spiro atoms. The summed E-state index contributed by atoms with van der Waals surface area (Å²) in [5, 5.41) is 12.0. The van der Waals surface area contributed by atoms with Crippen molar-refractivity contribution in [2.24, 2.45) is 5.92 Å². The van der Waals surface area contributed by atoms with Crippen LogP contribution in [0.1, 0.15) is 19.8 Å². The highest BCUT2D eigenvalue weighted by atomic mass is 32.2. The second-order valence-corrected chi connectivity index (χ2v) is 5.20. The highest BCUT2D eigenvalue weighted by Gasteiger charge is 2.48. The van der Waals surface area contributed by atoms with Crippen LogP contribution in [0, 0.1) is 5.92 Å².